The molecule has 124 valence electrons. The summed E-state index contributed by atoms with van der Waals surface area (Å²) in [6, 6.07) is 8.72. The van der Waals surface area contributed by atoms with Gasteiger partial charge in [0.15, 0.2) is 5.82 Å². The Morgan fingerprint density at radius 2 is 1.83 bits per heavy atom. The molecule has 2 saturated carbocycles. The van der Waals surface area contributed by atoms with Crippen molar-refractivity contribution in [3.05, 3.63) is 47.1 Å². The molecule has 0 amide bonds. The van der Waals surface area contributed by atoms with Gasteiger partial charge in [-0.2, -0.15) is 4.98 Å². The van der Waals surface area contributed by atoms with Gasteiger partial charge >= 0.3 is 0 Å². The zero-order valence-corrected chi connectivity index (χ0v) is 14.4. The van der Waals surface area contributed by atoms with Crippen molar-refractivity contribution in [1.29, 1.82) is 0 Å². The molecule has 0 unspecified atom stereocenters. The molecule has 0 radical (unpaired) electrons. The summed E-state index contributed by atoms with van der Waals surface area (Å²) < 4.78 is 5.73. The number of halogens is 1. The summed E-state index contributed by atoms with van der Waals surface area (Å²) in [5.74, 6) is 1.47. The van der Waals surface area contributed by atoms with Crippen LogP contribution in [0.3, 0.4) is 0 Å². The van der Waals surface area contributed by atoms with E-state index in [0.29, 0.717) is 5.82 Å². The number of rotatable bonds is 3. The summed E-state index contributed by atoms with van der Waals surface area (Å²) in [6.45, 7) is 2.13. The lowest BCUT2D eigenvalue weighted by atomic mass is 9.76. The lowest BCUT2D eigenvalue weighted by molar-refractivity contribution is 0.227. The number of hydrogen-bond donors (Lipinski definition) is 1. The third kappa shape index (κ3) is 2.58. The van der Waals surface area contributed by atoms with Gasteiger partial charge in [-0.1, -0.05) is 47.8 Å². The van der Waals surface area contributed by atoms with Crippen molar-refractivity contribution in [2.45, 2.75) is 62.8 Å². The Morgan fingerprint density at radius 3 is 2.43 bits per heavy atom. The fourth-order valence-corrected chi connectivity index (χ4v) is 3.95. The van der Waals surface area contributed by atoms with Gasteiger partial charge in [0, 0.05) is 0 Å². The van der Waals surface area contributed by atoms with E-state index in [4.69, 9.17) is 15.2 Å². The van der Waals surface area contributed by atoms with E-state index in [9.17, 15) is 0 Å². The van der Waals surface area contributed by atoms with E-state index in [-0.39, 0.29) is 23.4 Å². The Labute approximate surface area is 143 Å². The first-order valence-electron chi connectivity index (χ1n) is 8.33. The van der Waals surface area contributed by atoms with Crippen LogP contribution in [0.25, 0.3) is 0 Å². The molecule has 0 bridgehead atoms. The van der Waals surface area contributed by atoms with Crippen LogP contribution in [0.1, 0.15) is 67.8 Å². The fourth-order valence-electron chi connectivity index (χ4n) is 3.95. The van der Waals surface area contributed by atoms with Gasteiger partial charge in [0.1, 0.15) is 0 Å². The molecule has 1 heterocycles. The van der Waals surface area contributed by atoms with Crippen LogP contribution in [-0.4, -0.2) is 10.1 Å². The number of aryl methyl sites for hydroxylation is 1. The predicted octanol–water partition coefficient (Wildman–Crippen LogP) is 4.00. The molecule has 1 aromatic heterocycles. The van der Waals surface area contributed by atoms with Gasteiger partial charge in [-0.25, -0.2) is 0 Å². The third-order valence-electron chi connectivity index (χ3n) is 5.55. The predicted molar refractivity (Wildman–Crippen MR) is 91.7 cm³/mol. The van der Waals surface area contributed by atoms with Crippen LogP contribution in [0.2, 0.25) is 0 Å². The summed E-state index contributed by atoms with van der Waals surface area (Å²) in [5.41, 5.74) is 8.47. The molecule has 0 spiro atoms. The lowest BCUT2D eigenvalue weighted by Gasteiger charge is -2.34. The third-order valence-corrected chi connectivity index (χ3v) is 5.55. The molecular formula is C18H24ClN3O. The Bertz CT molecular complexity index is 687. The highest BCUT2D eigenvalue weighted by Crippen LogP contribution is 2.47. The zero-order chi connectivity index (χ0) is 15.2. The molecule has 0 saturated heterocycles. The average Bonchev–Trinajstić information content (AvgIpc) is 3.14. The summed E-state index contributed by atoms with van der Waals surface area (Å²) in [5, 5.41) is 4.24. The maximum Gasteiger partial charge on any atom is 0.237 e. The molecular weight excluding hydrogens is 310 g/mol. The topological polar surface area (TPSA) is 64.9 Å². The van der Waals surface area contributed by atoms with E-state index in [1.54, 1.807) is 0 Å². The Kier molecular flexibility index (Phi) is 4.23. The summed E-state index contributed by atoms with van der Waals surface area (Å²) in [6.07, 6.45) is 7.65. The number of nitrogens with two attached hydrogens (primary N) is 1. The monoisotopic (exact) mass is 333 g/mol. The highest BCUT2D eigenvalue weighted by atomic mass is 35.5. The average molecular weight is 334 g/mol. The minimum absolute atomic E-state index is 0. The number of aromatic nitrogens is 2. The fraction of sp³-hybridized carbons (Fsp3) is 0.556. The van der Waals surface area contributed by atoms with Gasteiger partial charge in [-0.3, -0.25) is 0 Å². The SMILES string of the molecule is Cc1cccc(C2(c3nc(C4(N)CCC4)no3)CCCC2)c1.Cl. The highest BCUT2D eigenvalue weighted by molar-refractivity contribution is 5.85. The van der Waals surface area contributed by atoms with Crippen molar-refractivity contribution in [2.24, 2.45) is 5.73 Å². The number of nitrogens with zero attached hydrogens (tertiary/aromatic N) is 2. The maximum absolute atomic E-state index is 6.36. The molecule has 2 aromatic rings. The molecule has 2 aliphatic rings. The van der Waals surface area contributed by atoms with E-state index in [0.717, 1.165) is 38.0 Å². The standard InChI is InChI=1S/C18H23N3O.ClH/c1-13-6-4-7-14(12-13)17(8-2-3-9-17)16-20-15(21-22-16)18(19)10-5-11-18;/h4,6-7,12H,2-3,5,8-11,19H2,1H3;1H. The summed E-state index contributed by atoms with van der Waals surface area (Å²) >= 11 is 0. The van der Waals surface area contributed by atoms with E-state index in [1.165, 1.54) is 24.0 Å². The van der Waals surface area contributed by atoms with Crippen LogP contribution in [0, 0.1) is 6.92 Å². The minimum Gasteiger partial charge on any atom is -0.338 e. The van der Waals surface area contributed by atoms with Crippen molar-refractivity contribution in [2.75, 3.05) is 0 Å². The molecule has 4 nitrogen and oxygen atoms in total. The Morgan fingerprint density at radius 1 is 1.09 bits per heavy atom. The molecule has 23 heavy (non-hydrogen) atoms. The van der Waals surface area contributed by atoms with Crippen LogP contribution < -0.4 is 5.73 Å². The van der Waals surface area contributed by atoms with Gasteiger partial charge in [0.05, 0.1) is 11.0 Å². The van der Waals surface area contributed by atoms with Crippen molar-refractivity contribution in [3.8, 4) is 0 Å². The van der Waals surface area contributed by atoms with E-state index >= 15 is 0 Å². The molecule has 1 aromatic carbocycles. The van der Waals surface area contributed by atoms with Crippen LogP contribution in [0.5, 0.6) is 0 Å². The smallest absolute Gasteiger partial charge is 0.237 e. The van der Waals surface area contributed by atoms with Gasteiger partial charge in [0.2, 0.25) is 5.89 Å². The molecule has 2 fully saturated rings. The number of benzene rings is 1. The van der Waals surface area contributed by atoms with Crippen molar-refractivity contribution < 1.29 is 4.52 Å². The normalized spacial score (nSPS) is 21.5. The van der Waals surface area contributed by atoms with Crippen molar-refractivity contribution in [3.63, 3.8) is 0 Å². The summed E-state index contributed by atoms with van der Waals surface area (Å²) in [7, 11) is 0. The van der Waals surface area contributed by atoms with Gasteiger partial charge in [-0.15, -0.1) is 12.4 Å². The van der Waals surface area contributed by atoms with Crippen molar-refractivity contribution >= 4 is 12.4 Å². The Balaban J connectivity index is 0.00000156. The molecule has 0 aliphatic heterocycles. The van der Waals surface area contributed by atoms with Crippen molar-refractivity contribution in [1.82, 2.24) is 10.1 Å². The quantitative estimate of drug-likeness (QED) is 0.922. The van der Waals surface area contributed by atoms with E-state index in [1.807, 2.05) is 0 Å². The van der Waals surface area contributed by atoms with Crippen LogP contribution >= 0.6 is 12.4 Å². The molecule has 2 aliphatic carbocycles. The first-order valence-corrected chi connectivity index (χ1v) is 8.33. The van der Waals surface area contributed by atoms with Gasteiger partial charge in [-0.05, 0) is 44.6 Å². The van der Waals surface area contributed by atoms with E-state index < -0.39 is 0 Å². The number of hydrogen-bond acceptors (Lipinski definition) is 4. The minimum atomic E-state index is -0.353. The first kappa shape index (κ1) is 16.5. The maximum atomic E-state index is 6.36. The molecule has 2 N–H and O–H groups in total. The molecule has 5 heteroatoms. The highest BCUT2D eigenvalue weighted by Gasteiger charge is 2.45. The Hall–Kier alpha value is -1.39. The second-order valence-corrected chi connectivity index (χ2v) is 7.09. The van der Waals surface area contributed by atoms with E-state index in [2.05, 4.69) is 36.3 Å². The summed E-state index contributed by atoms with van der Waals surface area (Å²) in [4.78, 5) is 4.76. The molecule has 0 atom stereocenters. The lowest BCUT2D eigenvalue weighted by Crippen LogP contribution is -2.44. The second kappa shape index (κ2) is 5.91. The largest absolute Gasteiger partial charge is 0.338 e. The second-order valence-electron chi connectivity index (χ2n) is 7.09. The van der Waals surface area contributed by atoms with Gasteiger partial charge < -0.3 is 10.3 Å². The van der Waals surface area contributed by atoms with Crippen LogP contribution in [0.4, 0.5) is 0 Å². The molecule has 4 rings (SSSR count). The van der Waals surface area contributed by atoms with Crippen LogP contribution in [-0.2, 0) is 11.0 Å². The zero-order valence-electron chi connectivity index (χ0n) is 13.5. The van der Waals surface area contributed by atoms with Gasteiger partial charge in [0.25, 0.3) is 0 Å². The van der Waals surface area contributed by atoms with Crippen LogP contribution in [0.15, 0.2) is 28.8 Å². The first-order chi connectivity index (χ1) is 10.6.